The molecule has 0 amide bonds. The van der Waals surface area contributed by atoms with E-state index in [-0.39, 0.29) is 0 Å². The molecule has 3 rings (SSSR count). The molecule has 2 unspecified atom stereocenters. The maximum Gasteiger partial charge on any atom is 0.0794 e. The molecule has 1 saturated carbocycles. The number of hydrogen-bond acceptors (Lipinski definition) is 4. The summed E-state index contributed by atoms with van der Waals surface area (Å²) in [6.45, 7) is 8.18. The van der Waals surface area contributed by atoms with E-state index < -0.39 is 0 Å². The Labute approximate surface area is 114 Å². The highest BCUT2D eigenvalue weighted by molar-refractivity contribution is 7.09. The molecule has 1 aromatic heterocycles. The van der Waals surface area contributed by atoms with Crippen LogP contribution < -0.4 is 5.32 Å². The van der Waals surface area contributed by atoms with Crippen LogP contribution in [0.2, 0.25) is 0 Å². The molecule has 1 aliphatic carbocycles. The fourth-order valence-corrected chi connectivity index (χ4v) is 3.73. The van der Waals surface area contributed by atoms with Crippen molar-refractivity contribution in [3.63, 3.8) is 0 Å². The fraction of sp³-hybridized carbons (Fsp3) is 0.786. The molecular weight excluding hydrogens is 242 g/mol. The summed E-state index contributed by atoms with van der Waals surface area (Å²) < 4.78 is 0. The Morgan fingerprint density at radius 2 is 2.33 bits per heavy atom. The molecule has 100 valence electrons. The summed E-state index contributed by atoms with van der Waals surface area (Å²) in [4.78, 5) is 8.23. The van der Waals surface area contributed by atoms with Crippen molar-refractivity contribution in [3.8, 4) is 0 Å². The highest BCUT2D eigenvalue weighted by atomic mass is 32.1. The number of rotatable bonds is 3. The molecule has 2 atom stereocenters. The van der Waals surface area contributed by atoms with Gasteiger partial charge in [0.25, 0.3) is 0 Å². The summed E-state index contributed by atoms with van der Waals surface area (Å²) in [6, 6.07) is 0.667. The molecule has 0 bridgehead atoms. The first-order valence-corrected chi connectivity index (χ1v) is 7.92. The van der Waals surface area contributed by atoms with Crippen LogP contribution in [0.4, 0.5) is 0 Å². The van der Waals surface area contributed by atoms with Crippen LogP contribution in [0.1, 0.15) is 38.0 Å². The van der Waals surface area contributed by atoms with Crippen molar-refractivity contribution in [2.75, 3.05) is 13.1 Å². The zero-order chi connectivity index (χ0) is 12.6. The quantitative estimate of drug-likeness (QED) is 0.910. The average Bonchev–Trinajstić information content (AvgIpc) is 3.09. The second-order valence-corrected chi connectivity index (χ2v) is 7.10. The third-order valence-electron chi connectivity index (χ3n) is 4.57. The molecule has 2 aliphatic rings. The van der Waals surface area contributed by atoms with Gasteiger partial charge in [0.2, 0.25) is 0 Å². The van der Waals surface area contributed by atoms with E-state index in [1.807, 2.05) is 11.7 Å². The Balaban J connectivity index is 1.73. The first-order chi connectivity index (χ1) is 8.67. The molecule has 0 spiro atoms. The Bertz CT molecular complexity index is 388. The Morgan fingerprint density at radius 3 is 3.00 bits per heavy atom. The molecule has 1 N–H and O–H groups in total. The van der Waals surface area contributed by atoms with Crippen molar-refractivity contribution in [2.24, 2.45) is 5.92 Å². The van der Waals surface area contributed by atoms with Gasteiger partial charge in [0.05, 0.1) is 5.51 Å². The second kappa shape index (κ2) is 4.91. The predicted octanol–water partition coefficient (Wildman–Crippen LogP) is 2.50. The highest BCUT2D eigenvalue weighted by Crippen LogP contribution is 2.41. The molecular formula is C14H23N3S. The molecule has 18 heavy (non-hydrogen) atoms. The van der Waals surface area contributed by atoms with Gasteiger partial charge >= 0.3 is 0 Å². The number of aromatic nitrogens is 1. The molecule has 0 aromatic carbocycles. The van der Waals surface area contributed by atoms with Gasteiger partial charge in [0.1, 0.15) is 0 Å². The van der Waals surface area contributed by atoms with Crippen LogP contribution in [-0.2, 0) is 6.54 Å². The second-order valence-electron chi connectivity index (χ2n) is 6.13. The monoisotopic (exact) mass is 265 g/mol. The number of nitrogens with zero attached hydrogens (tertiary/aromatic N) is 2. The minimum atomic E-state index is 0.329. The average molecular weight is 265 g/mol. The van der Waals surface area contributed by atoms with Crippen LogP contribution in [0, 0.1) is 5.92 Å². The van der Waals surface area contributed by atoms with E-state index in [1.54, 1.807) is 11.3 Å². The van der Waals surface area contributed by atoms with Gasteiger partial charge in [-0.3, -0.25) is 9.88 Å². The van der Waals surface area contributed by atoms with Crippen molar-refractivity contribution >= 4 is 11.3 Å². The summed E-state index contributed by atoms with van der Waals surface area (Å²) in [5.41, 5.74) is 2.27. The van der Waals surface area contributed by atoms with Crippen molar-refractivity contribution in [1.82, 2.24) is 15.2 Å². The van der Waals surface area contributed by atoms with Gasteiger partial charge in [-0.2, -0.15) is 0 Å². The molecule has 1 saturated heterocycles. The molecule has 1 aliphatic heterocycles. The van der Waals surface area contributed by atoms with Gasteiger partial charge < -0.3 is 5.32 Å². The Kier molecular flexibility index (Phi) is 3.43. The fourth-order valence-electron chi connectivity index (χ4n) is 3.11. The summed E-state index contributed by atoms with van der Waals surface area (Å²) in [7, 11) is 0. The smallest absolute Gasteiger partial charge is 0.0794 e. The lowest BCUT2D eigenvalue weighted by molar-refractivity contribution is 0.156. The zero-order valence-corrected chi connectivity index (χ0v) is 12.2. The van der Waals surface area contributed by atoms with Crippen LogP contribution in [0.15, 0.2) is 11.7 Å². The van der Waals surface area contributed by atoms with Crippen molar-refractivity contribution in [2.45, 2.75) is 51.2 Å². The molecule has 2 heterocycles. The van der Waals surface area contributed by atoms with Crippen LogP contribution in [0.3, 0.4) is 0 Å². The predicted molar refractivity (Wildman–Crippen MR) is 75.7 cm³/mol. The van der Waals surface area contributed by atoms with E-state index >= 15 is 0 Å². The Hall–Kier alpha value is -0.450. The topological polar surface area (TPSA) is 28.2 Å². The van der Waals surface area contributed by atoms with Crippen LogP contribution in [-0.4, -0.2) is 34.6 Å². The summed E-state index contributed by atoms with van der Waals surface area (Å²) >= 11 is 1.78. The SMILES string of the molecule is CC1CCNC(C)(C2CC2)CN1Cc1cncs1. The number of thiazole rings is 1. The normalized spacial score (nSPS) is 34.4. The maximum atomic E-state index is 4.20. The lowest BCUT2D eigenvalue weighted by Gasteiger charge is -2.35. The number of nitrogens with one attached hydrogen (secondary N) is 1. The van der Waals surface area contributed by atoms with Crippen LogP contribution in [0.5, 0.6) is 0 Å². The molecule has 2 fully saturated rings. The van der Waals surface area contributed by atoms with E-state index in [0.717, 1.165) is 19.0 Å². The highest BCUT2D eigenvalue weighted by Gasteiger charge is 2.43. The summed E-state index contributed by atoms with van der Waals surface area (Å²) in [5.74, 6) is 0.895. The molecule has 1 aromatic rings. The van der Waals surface area contributed by atoms with Gasteiger partial charge in [0.15, 0.2) is 0 Å². The zero-order valence-electron chi connectivity index (χ0n) is 11.4. The van der Waals surface area contributed by atoms with Crippen molar-refractivity contribution < 1.29 is 0 Å². The van der Waals surface area contributed by atoms with Gasteiger partial charge in [-0.05, 0) is 45.6 Å². The van der Waals surface area contributed by atoms with E-state index in [1.165, 1.54) is 30.7 Å². The van der Waals surface area contributed by atoms with Crippen molar-refractivity contribution in [1.29, 1.82) is 0 Å². The maximum absolute atomic E-state index is 4.20. The lowest BCUT2D eigenvalue weighted by Crippen LogP contribution is -2.51. The largest absolute Gasteiger partial charge is 0.310 e. The Morgan fingerprint density at radius 1 is 1.50 bits per heavy atom. The van der Waals surface area contributed by atoms with E-state index in [0.29, 0.717) is 11.6 Å². The van der Waals surface area contributed by atoms with Gasteiger partial charge in [0, 0.05) is 35.7 Å². The standard InChI is InChI=1S/C14H23N3S/c1-11-5-6-16-14(2,12-3-4-12)9-17(11)8-13-7-15-10-18-13/h7,10-12,16H,3-6,8-9H2,1-2H3. The van der Waals surface area contributed by atoms with Crippen LogP contribution in [0.25, 0.3) is 0 Å². The van der Waals surface area contributed by atoms with E-state index in [2.05, 4.69) is 29.0 Å². The van der Waals surface area contributed by atoms with Crippen molar-refractivity contribution in [3.05, 3.63) is 16.6 Å². The minimum absolute atomic E-state index is 0.329. The summed E-state index contributed by atoms with van der Waals surface area (Å²) in [5, 5.41) is 3.81. The third-order valence-corrected chi connectivity index (χ3v) is 5.33. The van der Waals surface area contributed by atoms with E-state index in [9.17, 15) is 0 Å². The third kappa shape index (κ3) is 2.60. The summed E-state index contributed by atoms with van der Waals surface area (Å²) in [6.07, 6.45) is 6.09. The first-order valence-electron chi connectivity index (χ1n) is 7.04. The van der Waals surface area contributed by atoms with E-state index in [4.69, 9.17) is 0 Å². The van der Waals surface area contributed by atoms with Gasteiger partial charge in [-0.25, -0.2) is 0 Å². The van der Waals surface area contributed by atoms with Gasteiger partial charge in [-0.15, -0.1) is 11.3 Å². The first kappa shape index (κ1) is 12.6. The molecule has 4 heteroatoms. The van der Waals surface area contributed by atoms with Crippen LogP contribution >= 0.6 is 11.3 Å². The molecule has 3 nitrogen and oxygen atoms in total. The lowest BCUT2D eigenvalue weighted by atomic mass is 9.95. The molecule has 0 radical (unpaired) electrons. The minimum Gasteiger partial charge on any atom is -0.310 e. The van der Waals surface area contributed by atoms with Gasteiger partial charge in [-0.1, -0.05) is 0 Å². The number of hydrogen-bond donors (Lipinski definition) is 1.